The number of benzene rings is 2. The van der Waals surface area contributed by atoms with Crippen molar-refractivity contribution in [3.8, 4) is 5.75 Å². The molecule has 2 aromatic heterocycles. The molecular formula is C23H20BrFN4O3. The predicted octanol–water partition coefficient (Wildman–Crippen LogP) is 5.27. The number of hydrogen-bond donors (Lipinski definition) is 1. The van der Waals surface area contributed by atoms with Gasteiger partial charge in [-0.05, 0) is 65.2 Å². The molecule has 0 unspecified atom stereocenters. The molecule has 0 bridgehead atoms. The van der Waals surface area contributed by atoms with Gasteiger partial charge in [-0.15, -0.1) is 0 Å². The van der Waals surface area contributed by atoms with Crippen LogP contribution in [0.15, 0.2) is 63.7 Å². The maximum atomic E-state index is 13.1. The lowest BCUT2D eigenvalue weighted by atomic mass is 10.2. The zero-order valence-corrected chi connectivity index (χ0v) is 19.0. The number of aromatic nitrogens is 3. The Labute approximate surface area is 192 Å². The molecule has 32 heavy (non-hydrogen) atoms. The first-order valence-electron chi connectivity index (χ1n) is 9.82. The summed E-state index contributed by atoms with van der Waals surface area (Å²) in [7, 11) is 0. The van der Waals surface area contributed by atoms with E-state index >= 15 is 0 Å². The molecule has 1 amide bonds. The first-order valence-corrected chi connectivity index (χ1v) is 10.6. The Morgan fingerprint density at radius 1 is 1.22 bits per heavy atom. The molecule has 1 N–H and O–H groups in total. The minimum Gasteiger partial charge on any atom is -0.489 e. The van der Waals surface area contributed by atoms with E-state index in [1.54, 1.807) is 29.9 Å². The molecule has 0 aliphatic heterocycles. The van der Waals surface area contributed by atoms with E-state index in [-0.39, 0.29) is 18.1 Å². The van der Waals surface area contributed by atoms with Gasteiger partial charge in [-0.2, -0.15) is 5.10 Å². The number of aryl methyl sites for hydroxylation is 2. The third-order valence-electron chi connectivity index (χ3n) is 4.78. The molecule has 0 atom stereocenters. The minimum absolute atomic E-state index is 0.134. The molecule has 2 aromatic carbocycles. The second-order valence-electron chi connectivity index (χ2n) is 7.27. The quantitative estimate of drug-likeness (QED) is 0.375. The molecule has 0 saturated carbocycles. The van der Waals surface area contributed by atoms with Crippen LogP contribution in [-0.2, 0) is 13.2 Å². The van der Waals surface area contributed by atoms with Crippen LogP contribution in [-0.4, -0.2) is 20.8 Å². The zero-order chi connectivity index (χ0) is 22.7. The van der Waals surface area contributed by atoms with E-state index in [1.165, 1.54) is 12.1 Å². The van der Waals surface area contributed by atoms with Gasteiger partial charge in [0.25, 0.3) is 5.91 Å². The number of nitrogens with zero attached hydrogens (tertiary/aromatic N) is 3. The SMILES string of the molecule is Cc1cccc(OCc2c(C(=O)Nc3nn(Cc4ccc(F)cc4)cc3Br)noc2C)c1. The van der Waals surface area contributed by atoms with E-state index in [4.69, 9.17) is 9.26 Å². The number of carbonyl (C=O) groups excluding carboxylic acids is 1. The lowest BCUT2D eigenvalue weighted by Gasteiger charge is -2.07. The van der Waals surface area contributed by atoms with Gasteiger partial charge in [0.05, 0.1) is 16.6 Å². The van der Waals surface area contributed by atoms with Crippen LogP contribution in [0.5, 0.6) is 5.75 Å². The van der Waals surface area contributed by atoms with Crippen molar-refractivity contribution in [1.82, 2.24) is 14.9 Å². The number of anilines is 1. The highest BCUT2D eigenvalue weighted by molar-refractivity contribution is 9.10. The highest BCUT2D eigenvalue weighted by Crippen LogP contribution is 2.23. The van der Waals surface area contributed by atoms with Gasteiger partial charge in [-0.1, -0.05) is 29.4 Å². The zero-order valence-electron chi connectivity index (χ0n) is 17.4. The summed E-state index contributed by atoms with van der Waals surface area (Å²) in [4.78, 5) is 12.9. The number of rotatable bonds is 7. The fourth-order valence-corrected chi connectivity index (χ4v) is 3.52. The molecule has 0 spiro atoms. The summed E-state index contributed by atoms with van der Waals surface area (Å²) in [6.45, 7) is 4.27. The maximum Gasteiger partial charge on any atom is 0.279 e. The van der Waals surface area contributed by atoms with Crippen LogP contribution >= 0.6 is 15.9 Å². The van der Waals surface area contributed by atoms with Crippen molar-refractivity contribution < 1.29 is 18.4 Å². The van der Waals surface area contributed by atoms with Crippen molar-refractivity contribution >= 4 is 27.7 Å². The summed E-state index contributed by atoms with van der Waals surface area (Å²) in [5, 5.41) is 11.0. The summed E-state index contributed by atoms with van der Waals surface area (Å²) < 4.78 is 26.4. The van der Waals surface area contributed by atoms with Crippen LogP contribution in [0, 0.1) is 19.7 Å². The number of amides is 1. The van der Waals surface area contributed by atoms with Crippen molar-refractivity contribution in [1.29, 1.82) is 0 Å². The third kappa shape index (κ3) is 5.05. The van der Waals surface area contributed by atoms with Crippen LogP contribution in [0.2, 0.25) is 0 Å². The Kier molecular flexibility index (Phi) is 6.36. The lowest BCUT2D eigenvalue weighted by Crippen LogP contribution is -2.16. The fraction of sp³-hybridized carbons (Fsp3) is 0.174. The van der Waals surface area contributed by atoms with Crippen molar-refractivity contribution in [2.45, 2.75) is 27.0 Å². The Morgan fingerprint density at radius 2 is 2.00 bits per heavy atom. The predicted molar refractivity (Wildman–Crippen MR) is 120 cm³/mol. The molecule has 164 valence electrons. The number of hydrogen-bond acceptors (Lipinski definition) is 5. The second kappa shape index (κ2) is 9.35. The van der Waals surface area contributed by atoms with Crippen molar-refractivity contribution in [2.24, 2.45) is 0 Å². The Bertz CT molecular complexity index is 1250. The monoisotopic (exact) mass is 498 g/mol. The van der Waals surface area contributed by atoms with Gasteiger partial charge in [0, 0.05) is 6.20 Å². The number of halogens is 2. The smallest absolute Gasteiger partial charge is 0.279 e. The summed E-state index contributed by atoms with van der Waals surface area (Å²) in [6.07, 6.45) is 1.73. The first kappa shape index (κ1) is 21.8. The molecule has 0 fully saturated rings. The van der Waals surface area contributed by atoms with Gasteiger partial charge in [-0.3, -0.25) is 9.48 Å². The van der Waals surface area contributed by atoms with Crippen LogP contribution < -0.4 is 10.1 Å². The molecule has 0 aliphatic carbocycles. The standard InChI is InChI=1S/C23H20BrFN4O3/c1-14-4-3-5-18(10-14)31-13-19-15(2)32-28-21(19)23(30)26-22-20(24)12-29(27-22)11-16-6-8-17(25)9-7-16/h3-10,12H,11,13H2,1-2H3,(H,26,27,30). The van der Waals surface area contributed by atoms with E-state index < -0.39 is 5.91 Å². The second-order valence-corrected chi connectivity index (χ2v) is 8.13. The summed E-state index contributed by atoms with van der Waals surface area (Å²) in [6, 6.07) is 13.8. The Hall–Kier alpha value is -3.46. The average Bonchev–Trinajstić information content (AvgIpc) is 3.30. The van der Waals surface area contributed by atoms with Gasteiger partial charge in [0.2, 0.25) is 0 Å². The molecule has 4 aromatic rings. The summed E-state index contributed by atoms with van der Waals surface area (Å²) >= 11 is 3.41. The topological polar surface area (TPSA) is 82.2 Å². The minimum atomic E-state index is -0.461. The van der Waals surface area contributed by atoms with Crippen LogP contribution in [0.3, 0.4) is 0 Å². The summed E-state index contributed by atoms with van der Waals surface area (Å²) in [5.41, 5.74) is 2.64. The van der Waals surface area contributed by atoms with Crippen molar-refractivity contribution in [3.63, 3.8) is 0 Å². The summed E-state index contributed by atoms with van der Waals surface area (Å²) in [5.74, 6) is 0.775. The molecule has 0 aliphatic rings. The molecule has 2 heterocycles. The van der Waals surface area contributed by atoms with Gasteiger partial charge >= 0.3 is 0 Å². The Balaban J connectivity index is 1.46. The van der Waals surface area contributed by atoms with Gasteiger partial charge in [0.1, 0.15) is 23.9 Å². The van der Waals surface area contributed by atoms with Crippen molar-refractivity contribution in [2.75, 3.05) is 5.32 Å². The largest absolute Gasteiger partial charge is 0.489 e. The lowest BCUT2D eigenvalue weighted by molar-refractivity contribution is 0.101. The highest BCUT2D eigenvalue weighted by atomic mass is 79.9. The van der Waals surface area contributed by atoms with E-state index in [2.05, 4.69) is 31.5 Å². The highest BCUT2D eigenvalue weighted by Gasteiger charge is 2.22. The van der Waals surface area contributed by atoms with E-state index in [1.807, 2.05) is 31.2 Å². The first-order chi connectivity index (χ1) is 15.4. The molecule has 0 radical (unpaired) electrons. The third-order valence-corrected chi connectivity index (χ3v) is 5.36. The van der Waals surface area contributed by atoms with E-state index in [0.717, 1.165) is 11.1 Å². The number of ether oxygens (including phenoxy) is 1. The molecular weight excluding hydrogens is 479 g/mol. The van der Waals surface area contributed by atoms with Crippen LogP contribution in [0.25, 0.3) is 0 Å². The Morgan fingerprint density at radius 3 is 2.75 bits per heavy atom. The van der Waals surface area contributed by atoms with Gasteiger partial charge < -0.3 is 14.6 Å². The van der Waals surface area contributed by atoms with Crippen LogP contribution in [0.4, 0.5) is 10.2 Å². The molecule has 9 heteroatoms. The number of nitrogens with one attached hydrogen (secondary N) is 1. The normalized spacial score (nSPS) is 10.9. The number of carbonyl (C=O) groups is 1. The maximum absolute atomic E-state index is 13.1. The van der Waals surface area contributed by atoms with Crippen LogP contribution in [0.1, 0.15) is 32.9 Å². The molecule has 7 nitrogen and oxygen atoms in total. The van der Waals surface area contributed by atoms with Gasteiger partial charge in [-0.25, -0.2) is 4.39 Å². The molecule has 0 saturated heterocycles. The average molecular weight is 499 g/mol. The van der Waals surface area contributed by atoms with E-state index in [0.29, 0.717) is 33.9 Å². The fourth-order valence-electron chi connectivity index (χ4n) is 3.11. The van der Waals surface area contributed by atoms with E-state index in [9.17, 15) is 9.18 Å². The van der Waals surface area contributed by atoms with Gasteiger partial charge in [0.15, 0.2) is 11.5 Å². The molecule has 4 rings (SSSR count). The van der Waals surface area contributed by atoms with Crippen molar-refractivity contribution in [3.05, 3.63) is 93.2 Å².